The van der Waals surface area contributed by atoms with Crippen LogP contribution in [0, 0.1) is 5.82 Å². The van der Waals surface area contributed by atoms with E-state index in [1.807, 2.05) is 0 Å². The van der Waals surface area contributed by atoms with Gasteiger partial charge in [0.05, 0.1) is 10.8 Å². The predicted octanol–water partition coefficient (Wildman–Crippen LogP) is 2.52. The molecule has 1 fully saturated rings. The number of carbonyl (C=O) groups is 1. The summed E-state index contributed by atoms with van der Waals surface area (Å²) in [5.74, 6) is -0.954. The van der Waals surface area contributed by atoms with E-state index in [1.54, 1.807) is 6.92 Å². The maximum Gasteiger partial charge on any atom is 0.256 e. The van der Waals surface area contributed by atoms with Gasteiger partial charge < -0.3 is 4.90 Å². The Hall–Kier alpha value is -1.14. The van der Waals surface area contributed by atoms with E-state index in [0.29, 0.717) is 31.0 Å². The molecule has 1 aliphatic heterocycles. The van der Waals surface area contributed by atoms with Crippen molar-refractivity contribution in [3.8, 4) is 0 Å². The molecule has 7 heteroatoms. The first-order chi connectivity index (χ1) is 9.85. The van der Waals surface area contributed by atoms with Gasteiger partial charge in [0, 0.05) is 23.9 Å². The number of hydrogen-bond donors (Lipinski definition) is 0. The zero-order valence-electron chi connectivity index (χ0n) is 11.7. The highest BCUT2D eigenvalue weighted by molar-refractivity contribution is 7.92. The van der Waals surface area contributed by atoms with Gasteiger partial charge in [0.2, 0.25) is 0 Å². The monoisotopic (exact) mass is 333 g/mol. The third-order valence-electron chi connectivity index (χ3n) is 3.80. The second-order valence-corrected chi connectivity index (χ2v) is 8.07. The quantitative estimate of drug-likeness (QED) is 0.854. The molecule has 21 heavy (non-hydrogen) atoms. The van der Waals surface area contributed by atoms with Gasteiger partial charge in [-0.05, 0) is 31.0 Å². The van der Waals surface area contributed by atoms with Gasteiger partial charge in [-0.15, -0.1) is 0 Å². The van der Waals surface area contributed by atoms with Gasteiger partial charge in [-0.2, -0.15) is 0 Å². The van der Waals surface area contributed by atoms with Crippen LogP contribution in [-0.4, -0.2) is 43.3 Å². The minimum absolute atomic E-state index is 0.0701. The average molecular weight is 334 g/mol. The maximum absolute atomic E-state index is 13.7. The largest absolute Gasteiger partial charge is 0.338 e. The highest BCUT2D eigenvalue weighted by Gasteiger charge is 2.31. The molecule has 0 radical (unpaired) electrons. The van der Waals surface area contributed by atoms with Crippen molar-refractivity contribution in [2.75, 3.05) is 18.8 Å². The topological polar surface area (TPSA) is 54.5 Å². The first-order valence-corrected chi connectivity index (χ1v) is 8.90. The van der Waals surface area contributed by atoms with Crippen molar-refractivity contribution in [1.29, 1.82) is 0 Å². The van der Waals surface area contributed by atoms with Crippen LogP contribution in [0.3, 0.4) is 0 Å². The molecule has 1 saturated heterocycles. The predicted molar refractivity (Wildman–Crippen MR) is 79.8 cm³/mol. The molecule has 0 unspecified atom stereocenters. The molecular weight excluding hydrogens is 317 g/mol. The Labute approximate surface area is 128 Å². The molecular formula is C14H17ClFNO3S. The Morgan fingerprint density at radius 3 is 2.57 bits per heavy atom. The van der Waals surface area contributed by atoms with E-state index in [9.17, 15) is 17.6 Å². The summed E-state index contributed by atoms with van der Waals surface area (Å²) < 4.78 is 37.3. The van der Waals surface area contributed by atoms with Gasteiger partial charge >= 0.3 is 0 Å². The number of hydrogen-bond acceptors (Lipinski definition) is 3. The second-order valence-electron chi connectivity index (χ2n) is 5.07. The molecule has 1 amide bonds. The number of piperidine rings is 1. The summed E-state index contributed by atoms with van der Waals surface area (Å²) in [6, 6.07) is 3.84. The number of carbonyl (C=O) groups excluding carboxylic acids is 1. The molecule has 1 aliphatic rings. The Morgan fingerprint density at radius 2 is 2.00 bits per heavy atom. The van der Waals surface area contributed by atoms with E-state index in [-0.39, 0.29) is 11.3 Å². The smallest absolute Gasteiger partial charge is 0.256 e. The van der Waals surface area contributed by atoms with Crippen molar-refractivity contribution in [3.63, 3.8) is 0 Å². The SMILES string of the molecule is CCS(=O)(=O)C1CCN(C(=O)c2cc(Cl)ccc2F)CC1. The van der Waals surface area contributed by atoms with Crippen LogP contribution in [0.25, 0.3) is 0 Å². The van der Waals surface area contributed by atoms with E-state index in [2.05, 4.69) is 0 Å². The van der Waals surface area contributed by atoms with Gasteiger partial charge in [0.1, 0.15) is 5.82 Å². The Morgan fingerprint density at radius 1 is 1.38 bits per heavy atom. The van der Waals surface area contributed by atoms with Crippen molar-refractivity contribution in [3.05, 3.63) is 34.6 Å². The molecule has 0 saturated carbocycles. The molecule has 1 heterocycles. The van der Waals surface area contributed by atoms with Crippen molar-refractivity contribution < 1.29 is 17.6 Å². The fraction of sp³-hybridized carbons (Fsp3) is 0.500. The lowest BCUT2D eigenvalue weighted by atomic mass is 10.1. The van der Waals surface area contributed by atoms with E-state index in [4.69, 9.17) is 11.6 Å². The highest BCUT2D eigenvalue weighted by Crippen LogP contribution is 2.22. The average Bonchev–Trinajstić information content (AvgIpc) is 2.49. The fourth-order valence-corrected chi connectivity index (χ4v) is 4.06. The molecule has 0 bridgehead atoms. The van der Waals surface area contributed by atoms with E-state index < -0.39 is 26.8 Å². The molecule has 116 valence electrons. The fourth-order valence-electron chi connectivity index (χ4n) is 2.49. The number of sulfone groups is 1. The zero-order valence-corrected chi connectivity index (χ0v) is 13.3. The summed E-state index contributed by atoms with van der Waals surface area (Å²) in [6.07, 6.45) is 0.786. The van der Waals surface area contributed by atoms with Crippen molar-refractivity contribution in [2.45, 2.75) is 25.0 Å². The Balaban J connectivity index is 2.09. The van der Waals surface area contributed by atoms with Crippen LogP contribution in [0.15, 0.2) is 18.2 Å². The molecule has 0 spiro atoms. The molecule has 0 N–H and O–H groups in total. The number of rotatable bonds is 3. The lowest BCUT2D eigenvalue weighted by molar-refractivity contribution is 0.0721. The van der Waals surface area contributed by atoms with Gasteiger partial charge in [-0.25, -0.2) is 12.8 Å². The van der Waals surface area contributed by atoms with Crippen LogP contribution in [0.2, 0.25) is 5.02 Å². The zero-order chi connectivity index (χ0) is 15.6. The molecule has 1 aromatic rings. The van der Waals surface area contributed by atoms with Crippen molar-refractivity contribution in [2.24, 2.45) is 0 Å². The summed E-state index contributed by atoms with van der Waals surface area (Å²) in [6.45, 7) is 2.25. The van der Waals surface area contributed by atoms with Crippen LogP contribution in [0.1, 0.15) is 30.1 Å². The molecule has 4 nitrogen and oxygen atoms in total. The van der Waals surface area contributed by atoms with E-state index in [0.717, 1.165) is 6.07 Å². The summed E-state index contributed by atoms with van der Waals surface area (Å²) in [5.41, 5.74) is -0.0701. The Kier molecular flexibility index (Phi) is 4.88. The van der Waals surface area contributed by atoms with Gasteiger partial charge in [-0.1, -0.05) is 18.5 Å². The summed E-state index contributed by atoms with van der Waals surface area (Å²) in [7, 11) is -3.08. The van der Waals surface area contributed by atoms with E-state index >= 15 is 0 Å². The highest BCUT2D eigenvalue weighted by atomic mass is 35.5. The number of likely N-dealkylation sites (tertiary alicyclic amines) is 1. The lowest BCUT2D eigenvalue weighted by Gasteiger charge is -2.31. The maximum atomic E-state index is 13.7. The molecule has 2 rings (SSSR count). The van der Waals surface area contributed by atoms with Crippen molar-refractivity contribution >= 4 is 27.3 Å². The van der Waals surface area contributed by atoms with Gasteiger partial charge in [-0.3, -0.25) is 4.79 Å². The molecule has 1 aromatic carbocycles. The van der Waals surface area contributed by atoms with Crippen LogP contribution in [-0.2, 0) is 9.84 Å². The summed E-state index contributed by atoms with van der Waals surface area (Å²) in [5, 5.41) is -0.112. The number of halogens is 2. The van der Waals surface area contributed by atoms with Crippen molar-refractivity contribution in [1.82, 2.24) is 4.90 Å². The Bertz CT molecular complexity index is 640. The number of nitrogens with zero attached hydrogens (tertiary/aromatic N) is 1. The summed E-state index contributed by atoms with van der Waals surface area (Å²) >= 11 is 5.78. The van der Waals surface area contributed by atoms with Gasteiger partial charge in [0.15, 0.2) is 9.84 Å². The number of benzene rings is 1. The van der Waals surface area contributed by atoms with E-state index in [1.165, 1.54) is 17.0 Å². The third-order valence-corrected chi connectivity index (χ3v) is 6.33. The lowest BCUT2D eigenvalue weighted by Crippen LogP contribution is -2.43. The van der Waals surface area contributed by atoms with Crippen LogP contribution in [0.4, 0.5) is 4.39 Å². The molecule has 0 atom stereocenters. The standard InChI is InChI=1S/C14H17ClFNO3S/c1-2-21(19,20)11-5-7-17(8-6-11)14(18)12-9-10(15)3-4-13(12)16/h3-4,9,11H,2,5-8H2,1H3. The van der Waals surface area contributed by atoms with Crippen LogP contribution >= 0.6 is 11.6 Å². The minimum atomic E-state index is -3.08. The van der Waals surface area contributed by atoms with Gasteiger partial charge in [0.25, 0.3) is 5.91 Å². The first kappa shape index (κ1) is 16.2. The normalized spacial score (nSPS) is 17.0. The summed E-state index contributed by atoms with van der Waals surface area (Å²) in [4.78, 5) is 13.8. The number of amides is 1. The first-order valence-electron chi connectivity index (χ1n) is 6.81. The van der Waals surface area contributed by atoms with Crippen LogP contribution < -0.4 is 0 Å². The third kappa shape index (κ3) is 3.55. The van der Waals surface area contributed by atoms with Crippen LogP contribution in [0.5, 0.6) is 0 Å². The molecule has 0 aromatic heterocycles. The molecule has 0 aliphatic carbocycles. The second kappa shape index (κ2) is 6.32. The minimum Gasteiger partial charge on any atom is -0.338 e.